The number of ether oxygens (including phenoxy) is 1. The third kappa shape index (κ3) is 3.51. The van der Waals surface area contributed by atoms with Crippen LogP contribution in [-0.2, 0) is 24.3 Å². The van der Waals surface area contributed by atoms with Crippen LogP contribution in [0.1, 0.15) is 29.4 Å². The van der Waals surface area contributed by atoms with E-state index in [1.54, 1.807) is 18.4 Å². The second kappa shape index (κ2) is 7.06. The number of thiophene rings is 1. The predicted molar refractivity (Wildman–Crippen MR) is 93.7 cm³/mol. The van der Waals surface area contributed by atoms with Crippen molar-refractivity contribution in [1.82, 2.24) is 14.8 Å². The van der Waals surface area contributed by atoms with Gasteiger partial charge >= 0.3 is 0 Å². The minimum atomic E-state index is 0.628. The molecule has 0 aliphatic rings. The van der Waals surface area contributed by atoms with Gasteiger partial charge in [0.15, 0.2) is 11.6 Å². The number of nitrogens with zero attached hydrogens (tertiary/aromatic N) is 3. The summed E-state index contributed by atoms with van der Waals surface area (Å²) in [5, 5.41) is 6.80. The lowest BCUT2D eigenvalue weighted by molar-refractivity contribution is 0.185. The second-order valence-electron chi connectivity index (χ2n) is 5.54. The fourth-order valence-electron chi connectivity index (χ4n) is 2.52. The van der Waals surface area contributed by atoms with Crippen LogP contribution in [0.5, 0.6) is 0 Å². The molecule has 0 radical (unpaired) electrons. The summed E-state index contributed by atoms with van der Waals surface area (Å²) in [5.74, 6) is 1.83. The highest BCUT2D eigenvalue weighted by atomic mass is 32.1. The van der Waals surface area contributed by atoms with Gasteiger partial charge in [-0.05, 0) is 35.1 Å². The zero-order valence-corrected chi connectivity index (χ0v) is 14.6. The Kier molecular flexibility index (Phi) is 4.88. The van der Waals surface area contributed by atoms with E-state index in [9.17, 15) is 0 Å². The van der Waals surface area contributed by atoms with E-state index in [0.717, 1.165) is 29.5 Å². The summed E-state index contributed by atoms with van der Waals surface area (Å²) < 4.78 is 7.23. The van der Waals surface area contributed by atoms with Gasteiger partial charge in [0.05, 0.1) is 18.0 Å². The van der Waals surface area contributed by atoms with E-state index in [0.29, 0.717) is 6.61 Å². The first-order valence-electron chi connectivity index (χ1n) is 7.76. The molecule has 0 amide bonds. The molecule has 2 heterocycles. The standard InChI is InChI=1S/C18H21N3OS/c1-4-17-19-18(16-9-14(11-22-3)12-23-16)21(20-17)10-15-8-6-5-7-13(15)2/h5-9,12H,4,10-11H2,1-3H3. The Morgan fingerprint density at radius 1 is 1.26 bits per heavy atom. The molecular formula is C18H21N3OS. The van der Waals surface area contributed by atoms with Crippen LogP contribution in [-0.4, -0.2) is 21.9 Å². The average Bonchev–Trinajstić information content (AvgIpc) is 3.16. The van der Waals surface area contributed by atoms with Gasteiger partial charge in [0.1, 0.15) is 0 Å². The Hall–Kier alpha value is -1.98. The number of benzene rings is 1. The van der Waals surface area contributed by atoms with Crippen molar-refractivity contribution in [2.75, 3.05) is 7.11 Å². The minimum absolute atomic E-state index is 0.628. The predicted octanol–water partition coefficient (Wildman–Crippen LogP) is 4.07. The lowest BCUT2D eigenvalue weighted by Crippen LogP contribution is -2.05. The fourth-order valence-corrected chi connectivity index (χ4v) is 3.41. The van der Waals surface area contributed by atoms with Gasteiger partial charge < -0.3 is 4.74 Å². The summed E-state index contributed by atoms with van der Waals surface area (Å²) in [7, 11) is 1.72. The molecule has 0 aliphatic carbocycles. The first-order chi connectivity index (χ1) is 11.2. The topological polar surface area (TPSA) is 39.9 Å². The van der Waals surface area contributed by atoms with Crippen molar-refractivity contribution in [1.29, 1.82) is 0 Å². The average molecular weight is 327 g/mol. The third-order valence-corrected chi connectivity index (χ3v) is 4.77. The molecule has 3 rings (SSSR count). The quantitative estimate of drug-likeness (QED) is 0.685. The monoisotopic (exact) mass is 327 g/mol. The zero-order valence-electron chi connectivity index (χ0n) is 13.7. The van der Waals surface area contributed by atoms with Crippen molar-refractivity contribution < 1.29 is 4.74 Å². The Morgan fingerprint density at radius 3 is 2.83 bits per heavy atom. The number of aromatic nitrogens is 3. The van der Waals surface area contributed by atoms with E-state index < -0.39 is 0 Å². The lowest BCUT2D eigenvalue weighted by Gasteiger charge is -2.07. The van der Waals surface area contributed by atoms with Crippen LogP contribution in [0, 0.1) is 6.92 Å². The number of hydrogen-bond acceptors (Lipinski definition) is 4. The van der Waals surface area contributed by atoms with Crippen LogP contribution in [0.4, 0.5) is 0 Å². The molecule has 4 nitrogen and oxygen atoms in total. The normalized spacial score (nSPS) is 11.1. The smallest absolute Gasteiger partial charge is 0.168 e. The third-order valence-electron chi connectivity index (χ3n) is 3.80. The second-order valence-corrected chi connectivity index (χ2v) is 6.45. The number of hydrogen-bond donors (Lipinski definition) is 0. The lowest BCUT2D eigenvalue weighted by atomic mass is 10.1. The van der Waals surface area contributed by atoms with E-state index in [-0.39, 0.29) is 0 Å². The highest BCUT2D eigenvalue weighted by Gasteiger charge is 2.14. The van der Waals surface area contributed by atoms with Crippen LogP contribution in [0.25, 0.3) is 10.7 Å². The van der Waals surface area contributed by atoms with E-state index >= 15 is 0 Å². The molecule has 0 aliphatic heterocycles. The summed E-state index contributed by atoms with van der Waals surface area (Å²) in [5.41, 5.74) is 3.73. The van der Waals surface area contributed by atoms with Crippen molar-refractivity contribution >= 4 is 11.3 Å². The minimum Gasteiger partial charge on any atom is -0.380 e. The first-order valence-corrected chi connectivity index (χ1v) is 8.64. The maximum Gasteiger partial charge on any atom is 0.168 e. The maximum atomic E-state index is 5.21. The fraction of sp³-hybridized carbons (Fsp3) is 0.333. The van der Waals surface area contributed by atoms with Crippen molar-refractivity contribution in [3.63, 3.8) is 0 Å². The van der Waals surface area contributed by atoms with E-state index in [2.05, 4.69) is 54.7 Å². The zero-order chi connectivity index (χ0) is 16.2. The summed E-state index contributed by atoms with van der Waals surface area (Å²) >= 11 is 1.69. The molecule has 120 valence electrons. The van der Waals surface area contributed by atoms with Gasteiger partial charge in [-0.1, -0.05) is 31.2 Å². The number of aryl methyl sites for hydroxylation is 2. The molecule has 3 aromatic rings. The summed E-state index contributed by atoms with van der Waals surface area (Å²) in [6, 6.07) is 10.6. The summed E-state index contributed by atoms with van der Waals surface area (Å²) in [6.45, 7) is 5.59. The van der Waals surface area contributed by atoms with Gasteiger partial charge in [0, 0.05) is 13.5 Å². The molecule has 2 aromatic heterocycles. The number of methoxy groups -OCH3 is 1. The van der Waals surface area contributed by atoms with Crippen LogP contribution in [0.15, 0.2) is 35.7 Å². The molecule has 0 spiro atoms. The van der Waals surface area contributed by atoms with Crippen molar-refractivity contribution in [3.05, 3.63) is 58.2 Å². The van der Waals surface area contributed by atoms with Crippen LogP contribution in [0.2, 0.25) is 0 Å². The van der Waals surface area contributed by atoms with E-state index in [1.165, 1.54) is 16.7 Å². The van der Waals surface area contributed by atoms with Gasteiger partial charge in [-0.2, -0.15) is 5.10 Å². The summed E-state index contributed by atoms with van der Waals surface area (Å²) in [4.78, 5) is 5.86. The van der Waals surface area contributed by atoms with E-state index in [1.807, 2.05) is 4.68 Å². The SMILES string of the molecule is CCc1nc(-c2cc(COC)cs2)n(Cc2ccccc2C)n1. The Bertz CT molecular complexity index is 791. The van der Waals surface area contributed by atoms with Gasteiger partial charge in [-0.3, -0.25) is 0 Å². The maximum absolute atomic E-state index is 5.21. The van der Waals surface area contributed by atoms with Crippen LogP contribution >= 0.6 is 11.3 Å². The Labute approximate surface area is 140 Å². The Morgan fingerprint density at radius 2 is 2.09 bits per heavy atom. The molecule has 1 aromatic carbocycles. The van der Waals surface area contributed by atoms with Gasteiger partial charge in [-0.15, -0.1) is 11.3 Å². The summed E-state index contributed by atoms with van der Waals surface area (Å²) in [6.07, 6.45) is 0.837. The Balaban J connectivity index is 1.96. The van der Waals surface area contributed by atoms with Crippen molar-refractivity contribution in [2.45, 2.75) is 33.4 Å². The molecule has 0 saturated carbocycles. The molecule has 0 bridgehead atoms. The molecule has 0 atom stereocenters. The molecule has 0 fully saturated rings. The first kappa shape index (κ1) is 15.9. The van der Waals surface area contributed by atoms with Gasteiger partial charge in [-0.25, -0.2) is 9.67 Å². The molecule has 0 N–H and O–H groups in total. The van der Waals surface area contributed by atoms with Crippen molar-refractivity contribution in [2.24, 2.45) is 0 Å². The molecular weight excluding hydrogens is 306 g/mol. The highest BCUT2D eigenvalue weighted by molar-refractivity contribution is 7.13. The molecule has 5 heteroatoms. The van der Waals surface area contributed by atoms with Crippen molar-refractivity contribution in [3.8, 4) is 10.7 Å². The molecule has 23 heavy (non-hydrogen) atoms. The molecule has 0 saturated heterocycles. The highest BCUT2D eigenvalue weighted by Crippen LogP contribution is 2.27. The largest absolute Gasteiger partial charge is 0.380 e. The van der Waals surface area contributed by atoms with Crippen LogP contribution < -0.4 is 0 Å². The van der Waals surface area contributed by atoms with Gasteiger partial charge in [0.2, 0.25) is 0 Å². The van der Waals surface area contributed by atoms with E-state index in [4.69, 9.17) is 9.72 Å². The van der Waals surface area contributed by atoms with Gasteiger partial charge in [0.25, 0.3) is 0 Å². The van der Waals surface area contributed by atoms with Crippen LogP contribution in [0.3, 0.4) is 0 Å². The number of rotatable bonds is 6. The molecule has 0 unspecified atom stereocenters.